The zero-order valence-electron chi connectivity index (χ0n) is 12.1. The third-order valence-corrected chi connectivity index (χ3v) is 4.95. The highest BCUT2D eigenvalue weighted by atomic mass is 79.9. The minimum absolute atomic E-state index is 0.658. The number of likely N-dealkylation sites (tertiary alicyclic amines) is 1. The van der Waals surface area contributed by atoms with Gasteiger partial charge in [-0.1, -0.05) is 22.4 Å². The molecule has 1 aromatic rings. The maximum absolute atomic E-state index is 5.48. The third kappa shape index (κ3) is 4.20. The maximum Gasteiger partial charge on any atom is 0.137 e. The first kappa shape index (κ1) is 16.3. The average Bonchev–Trinajstić information content (AvgIpc) is 2.40. The van der Waals surface area contributed by atoms with Crippen molar-refractivity contribution in [3.8, 4) is 5.75 Å². The van der Waals surface area contributed by atoms with Gasteiger partial charge >= 0.3 is 0 Å². The van der Waals surface area contributed by atoms with E-state index in [1.807, 2.05) is 6.07 Å². The van der Waals surface area contributed by atoms with Crippen LogP contribution in [0.25, 0.3) is 0 Å². The second-order valence-corrected chi connectivity index (χ2v) is 7.11. The molecule has 1 aromatic carbocycles. The Morgan fingerprint density at radius 1 is 1.35 bits per heavy atom. The molecular weight excluding hydrogens is 384 g/mol. The van der Waals surface area contributed by atoms with Gasteiger partial charge in [0.25, 0.3) is 0 Å². The molecule has 1 saturated heterocycles. The molecule has 1 aliphatic rings. The van der Waals surface area contributed by atoms with Crippen LogP contribution in [0.3, 0.4) is 0 Å². The van der Waals surface area contributed by atoms with E-state index >= 15 is 0 Å². The average molecular weight is 406 g/mol. The van der Waals surface area contributed by atoms with Gasteiger partial charge in [-0.3, -0.25) is 0 Å². The van der Waals surface area contributed by atoms with Crippen molar-refractivity contribution in [3.63, 3.8) is 0 Å². The molecule has 20 heavy (non-hydrogen) atoms. The topological polar surface area (TPSA) is 24.5 Å². The van der Waals surface area contributed by atoms with Crippen molar-refractivity contribution in [3.05, 3.63) is 26.6 Å². The van der Waals surface area contributed by atoms with Gasteiger partial charge in [-0.25, -0.2) is 0 Å². The lowest BCUT2D eigenvalue weighted by Crippen LogP contribution is -2.42. The van der Waals surface area contributed by atoms with Crippen LogP contribution in [0.2, 0.25) is 0 Å². The van der Waals surface area contributed by atoms with E-state index in [2.05, 4.69) is 55.2 Å². The Hall–Kier alpha value is -0.100. The second kappa shape index (κ2) is 7.78. The van der Waals surface area contributed by atoms with E-state index in [0.717, 1.165) is 27.8 Å². The van der Waals surface area contributed by atoms with Crippen LogP contribution in [0.1, 0.15) is 24.8 Å². The van der Waals surface area contributed by atoms with Crippen LogP contribution < -0.4 is 10.1 Å². The Balaban J connectivity index is 1.93. The van der Waals surface area contributed by atoms with Crippen LogP contribution in [0.15, 0.2) is 21.1 Å². The molecular formula is C15H22Br2N2O. The van der Waals surface area contributed by atoms with Gasteiger partial charge in [0, 0.05) is 29.2 Å². The largest absolute Gasteiger partial charge is 0.495 e. The minimum Gasteiger partial charge on any atom is -0.495 e. The molecule has 1 heterocycles. The summed E-state index contributed by atoms with van der Waals surface area (Å²) in [5.41, 5.74) is 1.17. The van der Waals surface area contributed by atoms with Gasteiger partial charge in [-0.15, -0.1) is 0 Å². The second-order valence-electron chi connectivity index (χ2n) is 5.34. The minimum atomic E-state index is 0.658. The first-order valence-electron chi connectivity index (χ1n) is 7.04. The Morgan fingerprint density at radius 3 is 2.85 bits per heavy atom. The summed E-state index contributed by atoms with van der Waals surface area (Å²) in [6.45, 7) is 3.08. The zero-order chi connectivity index (χ0) is 14.5. The molecule has 1 fully saturated rings. The number of likely N-dealkylation sites (N-methyl/N-ethyl adjacent to an activating group) is 1. The first-order valence-corrected chi connectivity index (χ1v) is 8.63. The number of nitrogens with zero attached hydrogens (tertiary/aromatic N) is 1. The van der Waals surface area contributed by atoms with Gasteiger partial charge in [0.1, 0.15) is 5.75 Å². The molecule has 1 unspecified atom stereocenters. The Morgan fingerprint density at radius 2 is 2.15 bits per heavy atom. The van der Waals surface area contributed by atoms with Crippen molar-refractivity contribution in [2.75, 3.05) is 27.2 Å². The summed E-state index contributed by atoms with van der Waals surface area (Å²) in [4.78, 5) is 2.46. The molecule has 0 bridgehead atoms. The van der Waals surface area contributed by atoms with E-state index in [-0.39, 0.29) is 0 Å². The fourth-order valence-corrected chi connectivity index (χ4v) is 4.22. The smallest absolute Gasteiger partial charge is 0.137 e. The Bertz CT molecular complexity index is 454. The van der Waals surface area contributed by atoms with Crippen molar-refractivity contribution >= 4 is 31.9 Å². The van der Waals surface area contributed by atoms with Crippen LogP contribution >= 0.6 is 31.9 Å². The van der Waals surface area contributed by atoms with Crippen LogP contribution in [-0.4, -0.2) is 38.2 Å². The third-order valence-electron chi connectivity index (χ3n) is 3.91. The molecule has 0 amide bonds. The number of ether oxygens (including phenoxy) is 1. The summed E-state index contributed by atoms with van der Waals surface area (Å²) in [7, 11) is 3.94. The van der Waals surface area contributed by atoms with Crippen molar-refractivity contribution < 1.29 is 4.74 Å². The van der Waals surface area contributed by atoms with Crippen molar-refractivity contribution in [1.82, 2.24) is 10.2 Å². The van der Waals surface area contributed by atoms with Gasteiger partial charge in [0.05, 0.1) is 11.6 Å². The number of halogens is 2. The maximum atomic E-state index is 5.48. The van der Waals surface area contributed by atoms with E-state index in [4.69, 9.17) is 4.74 Å². The molecule has 0 aromatic heterocycles. The lowest BCUT2D eigenvalue weighted by Gasteiger charge is -2.32. The molecule has 0 radical (unpaired) electrons. The summed E-state index contributed by atoms with van der Waals surface area (Å²) < 4.78 is 7.53. The van der Waals surface area contributed by atoms with Crippen LogP contribution in [0, 0.1) is 0 Å². The van der Waals surface area contributed by atoms with E-state index < -0.39 is 0 Å². The summed E-state index contributed by atoms with van der Waals surface area (Å²) in [6.07, 6.45) is 3.98. The fraction of sp³-hybridized carbons (Fsp3) is 0.600. The molecule has 1 aliphatic heterocycles. The Kier molecular flexibility index (Phi) is 6.33. The molecule has 1 atom stereocenters. The highest BCUT2D eigenvalue weighted by Gasteiger charge is 2.18. The number of piperidine rings is 1. The molecule has 1 N–H and O–H groups in total. The lowest BCUT2D eigenvalue weighted by molar-refractivity contribution is 0.181. The SMILES string of the molecule is COc1c(Br)cc(Br)cc1CNCC1CCCCN1C. The number of methoxy groups -OCH3 is 1. The van der Waals surface area contributed by atoms with E-state index in [1.165, 1.54) is 31.4 Å². The standard InChI is InChI=1S/C15H22Br2N2O/c1-19-6-4-3-5-13(19)10-18-9-11-7-12(16)8-14(17)15(11)20-2/h7-8,13,18H,3-6,9-10H2,1-2H3. The molecule has 2 rings (SSSR count). The number of rotatable bonds is 5. The van der Waals surface area contributed by atoms with Crippen LogP contribution in [0.4, 0.5) is 0 Å². The molecule has 112 valence electrons. The molecule has 0 spiro atoms. The monoisotopic (exact) mass is 404 g/mol. The number of hydrogen-bond acceptors (Lipinski definition) is 3. The molecule has 5 heteroatoms. The predicted molar refractivity (Wildman–Crippen MR) is 90.4 cm³/mol. The van der Waals surface area contributed by atoms with Gasteiger partial charge < -0.3 is 15.0 Å². The predicted octanol–water partition coefficient (Wildman–Crippen LogP) is 3.79. The van der Waals surface area contributed by atoms with Crippen molar-refractivity contribution in [1.29, 1.82) is 0 Å². The Labute approximate surface area is 138 Å². The van der Waals surface area contributed by atoms with E-state index in [0.29, 0.717) is 6.04 Å². The van der Waals surface area contributed by atoms with Crippen molar-refractivity contribution in [2.24, 2.45) is 0 Å². The summed E-state index contributed by atoms with van der Waals surface area (Å²) in [5, 5.41) is 3.57. The van der Waals surface area contributed by atoms with Crippen LogP contribution in [0.5, 0.6) is 5.75 Å². The van der Waals surface area contributed by atoms with Gasteiger partial charge in [-0.05, 0) is 54.5 Å². The molecule has 0 saturated carbocycles. The number of benzene rings is 1. The lowest BCUT2D eigenvalue weighted by atomic mass is 10.0. The van der Waals surface area contributed by atoms with E-state index in [1.54, 1.807) is 7.11 Å². The fourth-order valence-electron chi connectivity index (χ4n) is 2.75. The zero-order valence-corrected chi connectivity index (χ0v) is 15.3. The van der Waals surface area contributed by atoms with Gasteiger partial charge in [0.15, 0.2) is 0 Å². The van der Waals surface area contributed by atoms with Crippen molar-refractivity contribution in [2.45, 2.75) is 31.8 Å². The van der Waals surface area contributed by atoms with Crippen LogP contribution in [-0.2, 0) is 6.54 Å². The highest BCUT2D eigenvalue weighted by molar-refractivity contribution is 9.11. The molecule has 0 aliphatic carbocycles. The number of nitrogens with one attached hydrogen (secondary N) is 1. The number of hydrogen-bond donors (Lipinski definition) is 1. The van der Waals surface area contributed by atoms with Gasteiger partial charge in [-0.2, -0.15) is 0 Å². The van der Waals surface area contributed by atoms with Gasteiger partial charge in [0.2, 0.25) is 0 Å². The quantitative estimate of drug-likeness (QED) is 0.806. The molecule has 3 nitrogen and oxygen atoms in total. The summed E-state index contributed by atoms with van der Waals surface area (Å²) in [5.74, 6) is 0.915. The summed E-state index contributed by atoms with van der Waals surface area (Å²) >= 11 is 7.08. The normalized spacial score (nSPS) is 20.1. The highest BCUT2D eigenvalue weighted by Crippen LogP contribution is 2.32. The summed E-state index contributed by atoms with van der Waals surface area (Å²) in [6, 6.07) is 4.78. The first-order chi connectivity index (χ1) is 9.61. The van der Waals surface area contributed by atoms with E-state index in [9.17, 15) is 0 Å².